The number of nitrogens with two attached hydrogens (primary N) is 1. The largest absolute Gasteiger partial charge is 0.328 e. The first kappa shape index (κ1) is 13.0. The Kier molecular flexibility index (Phi) is 4.28. The van der Waals surface area contributed by atoms with E-state index in [1.54, 1.807) is 18.2 Å². The fraction of sp³-hybridized carbons (Fsp3) is 0.538. The predicted octanol–water partition coefficient (Wildman–Crippen LogP) is 1.95. The molecular formula is C13H19N3O2. The minimum absolute atomic E-state index is 0.192. The molecule has 5 nitrogen and oxygen atoms in total. The van der Waals surface area contributed by atoms with Crippen molar-refractivity contribution in [2.45, 2.75) is 44.3 Å². The molecule has 1 aromatic rings. The molecule has 0 spiro atoms. The van der Waals surface area contributed by atoms with Crippen LogP contribution in [0.25, 0.3) is 0 Å². The molecule has 0 radical (unpaired) electrons. The SMILES string of the molecule is NC1CCC(NCc2ccccc2[N+](=O)[O-])CC1. The summed E-state index contributed by atoms with van der Waals surface area (Å²) >= 11 is 0. The van der Waals surface area contributed by atoms with Gasteiger partial charge < -0.3 is 11.1 Å². The van der Waals surface area contributed by atoms with E-state index in [4.69, 9.17) is 5.73 Å². The highest BCUT2D eigenvalue weighted by Crippen LogP contribution is 2.20. The topological polar surface area (TPSA) is 81.2 Å². The molecule has 3 N–H and O–H groups in total. The summed E-state index contributed by atoms with van der Waals surface area (Å²) in [6.07, 6.45) is 4.19. The Morgan fingerprint density at radius 3 is 2.61 bits per heavy atom. The second-order valence-electron chi connectivity index (χ2n) is 4.88. The molecule has 0 saturated heterocycles. The Balaban J connectivity index is 1.92. The van der Waals surface area contributed by atoms with Crippen molar-refractivity contribution in [2.75, 3.05) is 0 Å². The Bertz CT molecular complexity index is 414. The molecule has 0 amide bonds. The van der Waals surface area contributed by atoms with Crippen molar-refractivity contribution in [3.05, 3.63) is 39.9 Å². The predicted molar refractivity (Wildman–Crippen MR) is 70.2 cm³/mol. The van der Waals surface area contributed by atoms with Gasteiger partial charge in [-0.25, -0.2) is 0 Å². The molecule has 18 heavy (non-hydrogen) atoms. The fourth-order valence-corrected chi connectivity index (χ4v) is 2.42. The molecule has 0 aliphatic heterocycles. The average Bonchev–Trinajstić information content (AvgIpc) is 2.38. The van der Waals surface area contributed by atoms with Crippen LogP contribution in [0.15, 0.2) is 24.3 Å². The summed E-state index contributed by atoms with van der Waals surface area (Å²) in [6.45, 7) is 0.553. The molecule has 0 aromatic heterocycles. The first-order valence-corrected chi connectivity index (χ1v) is 6.38. The van der Waals surface area contributed by atoms with Gasteiger partial charge >= 0.3 is 0 Å². The zero-order chi connectivity index (χ0) is 13.0. The summed E-state index contributed by atoms with van der Waals surface area (Å²) < 4.78 is 0. The molecule has 5 heteroatoms. The fourth-order valence-electron chi connectivity index (χ4n) is 2.42. The second kappa shape index (κ2) is 5.93. The molecule has 1 saturated carbocycles. The molecule has 1 fully saturated rings. The summed E-state index contributed by atoms with van der Waals surface area (Å²) in [5, 5.41) is 14.3. The van der Waals surface area contributed by atoms with Gasteiger partial charge in [-0.2, -0.15) is 0 Å². The molecule has 2 rings (SSSR count). The maximum Gasteiger partial charge on any atom is 0.273 e. The van der Waals surface area contributed by atoms with Crippen molar-refractivity contribution in [3.8, 4) is 0 Å². The smallest absolute Gasteiger partial charge is 0.273 e. The highest BCUT2D eigenvalue weighted by atomic mass is 16.6. The number of nitrogens with one attached hydrogen (secondary N) is 1. The van der Waals surface area contributed by atoms with Crippen LogP contribution in [0.1, 0.15) is 31.2 Å². The van der Waals surface area contributed by atoms with Crippen molar-refractivity contribution in [1.82, 2.24) is 5.32 Å². The van der Waals surface area contributed by atoms with Crippen LogP contribution in [-0.4, -0.2) is 17.0 Å². The van der Waals surface area contributed by atoms with Gasteiger partial charge in [0.1, 0.15) is 0 Å². The first-order chi connectivity index (χ1) is 8.66. The average molecular weight is 249 g/mol. The van der Waals surface area contributed by atoms with Crippen LogP contribution in [-0.2, 0) is 6.54 Å². The number of para-hydroxylation sites is 1. The van der Waals surface area contributed by atoms with Crippen LogP contribution in [0, 0.1) is 10.1 Å². The number of hydrogen-bond donors (Lipinski definition) is 2. The van der Waals surface area contributed by atoms with E-state index in [2.05, 4.69) is 5.32 Å². The van der Waals surface area contributed by atoms with Crippen LogP contribution in [0.5, 0.6) is 0 Å². The summed E-state index contributed by atoms with van der Waals surface area (Å²) in [4.78, 5) is 10.6. The minimum Gasteiger partial charge on any atom is -0.328 e. The molecule has 0 unspecified atom stereocenters. The van der Waals surface area contributed by atoms with Gasteiger partial charge in [0.15, 0.2) is 0 Å². The standard InChI is InChI=1S/C13H19N3O2/c14-11-5-7-12(8-6-11)15-9-10-3-1-2-4-13(10)16(17)18/h1-4,11-12,15H,5-9,14H2. The molecule has 0 bridgehead atoms. The van der Waals surface area contributed by atoms with E-state index in [0.29, 0.717) is 18.6 Å². The van der Waals surface area contributed by atoms with E-state index in [0.717, 1.165) is 31.2 Å². The molecule has 1 aliphatic carbocycles. The van der Waals surface area contributed by atoms with E-state index in [1.165, 1.54) is 0 Å². The third kappa shape index (κ3) is 3.27. The Morgan fingerprint density at radius 1 is 1.28 bits per heavy atom. The first-order valence-electron chi connectivity index (χ1n) is 6.38. The number of nitrogens with zero attached hydrogens (tertiary/aromatic N) is 1. The van der Waals surface area contributed by atoms with E-state index in [1.807, 2.05) is 6.07 Å². The van der Waals surface area contributed by atoms with Crippen molar-refractivity contribution >= 4 is 5.69 Å². The summed E-state index contributed by atoms with van der Waals surface area (Å²) in [5.41, 5.74) is 6.79. The Labute approximate surface area is 107 Å². The number of nitro benzene ring substituents is 1. The highest BCUT2D eigenvalue weighted by Gasteiger charge is 2.19. The van der Waals surface area contributed by atoms with Crippen LogP contribution in [0.3, 0.4) is 0 Å². The van der Waals surface area contributed by atoms with E-state index >= 15 is 0 Å². The number of hydrogen-bond acceptors (Lipinski definition) is 4. The van der Waals surface area contributed by atoms with Crippen LogP contribution >= 0.6 is 0 Å². The second-order valence-corrected chi connectivity index (χ2v) is 4.88. The molecule has 0 heterocycles. The van der Waals surface area contributed by atoms with Crippen molar-refractivity contribution in [2.24, 2.45) is 5.73 Å². The van der Waals surface area contributed by atoms with Gasteiger partial charge in [0.25, 0.3) is 5.69 Å². The van der Waals surface area contributed by atoms with Gasteiger partial charge in [0.2, 0.25) is 0 Å². The molecular weight excluding hydrogens is 230 g/mol. The molecule has 98 valence electrons. The molecule has 0 atom stereocenters. The summed E-state index contributed by atoms with van der Waals surface area (Å²) in [5.74, 6) is 0. The highest BCUT2D eigenvalue weighted by molar-refractivity contribution is 5.39. The third-order valence-corrected chi connectivity index (χ3v) is 3.54. The lowest BCUT2D eigenvalue weighted by Crippen LogP contribution is -2.37. The zero-order valence-electron chi connectivity index (χ0n) is 10.3. The van der Waals surface area contributed by atoms with Gasteiger partial charge in [-0.3, -0.25) is 10.1 Å². The van der Waals surface area contributed by atoms with Crippen molar-refractivity contribution in [3.63, 3.8) is 0 Å². The Morgan fingerprint density at radius 2 is 1.94 bits per heavy atom. The lowest BCUT2D eigenvalue weighted by Gasteiger charge is -2.26. The molecule has 1 aromatic carbocycles. The number of nitro groups is 1. The van der Waals surface area contributed by atoms with Crippen LogP contribution in [0.4, 0.5) is 5.69 Å². The van der Waals surface area contributed by atoms with E-state index in [-0.39, 0.29) is 10.6 Å². The molecule has 1 aliphatic rings. The lowest BCUT2D eigenvalue weighted by molar-refractivity contribution is -0.385. The van der Waals surface area contributed by atoms with E-state index < -0.39 is 0 Å². The monoisotopic (exact) mass is 249 g/mol. The lowest BCUT2D eigenvalue weighted by atomic mass is 9.92. The summed E-state index contributed by atoms with van der Waals surface area (Å²) in [6, 6.07) is 7.65. The van der Waals surface area contributed by atoms with Gasteiger partial charge in [-0.1, -0.05) is 18.2 Å². The quantitative estimate of drug-likeness (QED) is 0.631. The van der Waals surface area contributed by atoms with Gasteiger partial charge in [0, 0.05) is 30.3 Å². The zero-order valence-corrected chi connectivity index (χ0v) is 10.3. The normalized spacial score (nSPS) is 23.8. The minimum atomic E-state index is -0.326. The maximum absolute atomic E-state index is 10.9. The van der Waals surface area contributed by atoms with Crippen LogP contribution in [0.2, 0.25) is 0 Å². The van der Waals surface area contributed by atoms with E-state index in [9.17, 15) is 10.1 Å². The van der Waals surface area contributed by atoms with Crippen molar-refractivity contribution in [1.29, 1.82) is 0 Å². The Hall–Kier alpha value is -1.46. The van der Waals surface area contributed by atoms with Gasteiger partial charge in [-0.05, 0) is 25.7 Å². The maximum atomic E-state index is 10.9. The number of rotatable bonds is 4. The summed E-state index contributed by atoms with van der Waals surface area (Å²) in [7, 11) is 0. The van der Waals surface area contributed by atoms with Gasteiger partial charge in [-0.15, -0.1) is 0 Å². The number of benzene rings is 1. The third-order valence-electron chi connectivity index (χ3n) is 3.54. The van der Waals surface area contributed by atoms with Gasteiger partial charge in [0.05, 0.1) is 4.92 Å². The van der Waals surface area contributed by atoms with Crippen LogP contribution < -0.4 is 11.1 Å². The van der Waals surface area contributed by atoms with Crippen molar-refractivity contribution < 1.29 is 4.92 Å².